The Kier molecular flexibility index (Phi) is 3.34. The Morgan fingerprint density at radius 1 is 1.33 bits per heavy atom. The molecule has 1 aromatic heterocycles. The normalized spacial score (nSPS) is 10.4. The van der Waals surface area contributed by atoms with Gasteiger partial charge in [0.2, 0.25) is 0 Å². The van der Waals surface area contributed by atoms with Crippen molar-refractivity contribution < 1.29 is 14.2 Å². The summed E-state index contributed by atoms with van der Waals surface area (Å²) in [6.07, 6.45) is 0. The number of rotatable bonds is 2. The molecule has 4 nitrogen and oxygen atoms in total. The Bertz CT molecular complexity index is 582. The zero-order valence-electron chi connectivity index (χ0n) is 9.74. The van der Waals surface area contributed by atoms with Gasteiger partial charge in [0.1, 0.15) is 0 Å². The highest BCUT2D eigenvalue weighted by Crippen LogP contribution is 2.30. The fraction of sp³-hybridized carbons (Fsp3) is 0.167. The number of benzene rings is 1. The fourth-order valence-corrected chi connectivity index (χ4v) is 1.70. The van der Waals surface area contributed by atoms with Crippen LogP contribution in [0.3, 0.4) is 0 Å². The van der Waals surface area contributed by atoms with Gasteiger partial charge in [0, 0.05) is 5.56 Å². The molecule has 1 N–H and O–H groups in total. The van der Waals surface area contributed by atoms with Gasteiger partial charge in [-0.25, -0.2) is 14.4 Å². The second-order valence-electron chi connectivity index (χ2n) is 3.62. The Balaban J connectivity index is 2.52. The van der Waals surface area contributed by atoms with Crippen LogP contribution in [-0.4, -0.2) is 22.2 Å². The van der Waals surface area contributed by atoms with Crippen molar-refractivity contribution in [2.24, 2.45) is 0 Å². The number of hydrogen-bond acceptors (Lipinski definition) is 4. The summed E-state index contributed by atoms with van der Waals surface area (Å²) >= 11 is 5.65. The SMILES string of the molecule is COc1ccc(-c2nc(C)c(F)c(Cl)n2)cc1O. The van der Waals surface area contributed by atoms with Crippen LogP contribution >= 0.6 is 11.6 Å². The van der Waals surface area contributed by atoms with E-state index in [1.54, 1.807) is 12.1 Å². The van der Waals surface area contributed by atoms with E-state index in [1.165, 1.54) is 20.1 Å². The average molecular weight is 269 g/mol. The first-order chi connectivity index (χ1) is 8.52. The maximum Gasteiger partial charge on any atom is 0.181 e. The van der Waals surface area contributed by atoms with Crippen molar-refractivity contribution in [2.75, 3.05) is 7.11 Å². The monoisotopic (exact) mass is 268 g/mol. The van der Waals surface area contributed by atoms with E-state index in [-0.39, 0.29) is 22.4 Å². The minimum atomic E-state index is -0.641. The first-order valence-electron chi connectivity index (χ1n) is 5.10. The van der Waals surface area contributed by atoms with Gasteiger partial charge in [0.25, 0.3) is 0 Å². The highest BCUT2D eigenvalue weighted by Gasteiger charge is 2.12. The Morgan fingerprint density at radius 2 is 2.06 bits per heavy atom. The van der Waals surface area contributed by atoms with Gasteiger partial charge in [-0.1, -0.05) is 11.6 Å². The van der Waals surface area contributed by atoms with Gasteiger partial charge in [0.05, 0.1) is 12.8 Å². The minimum absolute atomic E-state index is 0.0447. The summed E-state index contributed by atoms with van der Waals surface area (Å²) < 4.78 is 18.2. The summed E-state index contributed by atoms with van der Waals surface area (Å²) in [4.78, 5) is 7.81. The summed E-state index contributed by atoms with van der Waals surface area (Å²) in [5, 5.41) is 9.42. The summed E-state index contributed by atoms with van der Waals surface area (Å²) in [6, 6.07) is 4.66. The van der Waals surface area contributed by atoms with Crippen molar-refractivity contribution in [3.8, 4) is 22.9 Å². The number of ether oxygens (including phenoxy) is 1. The molecular weight excluding hydrogens is 259 g/mol. The third kappa shape index (κ3) is 2.22. The van der Waals surface area contributed by atoms with Crippen molar-refractivity contribution in [3.05, 3.63) is 34.9 Å². The van der Waals surface area contributed by atoms with Crippen LogP contribution in [0.15, 0.2) is 18.2 Å². The van der Waals surface area contributed by atoms with Crippen molar-refractivity contribution in [1.82, 2.24) is 9.97 Å². The summed E-state index contributed by atoms with van der Waals surface area (Å²) in [6.45, 7) is 1.50. The standard InChI is InChI=1S/C12H10ClFN2O2/c1-6-10(14)11(13)16-12(15-6)7-3-4-9(18-2)8(17)5-7/h3-5,17H,1-2H3. The van der Waals surface area contributed by atoms with Crippen LogP contribution in [0.2, 0.25) is 5.15 Å². The molecule has 18 heavy (non-hydrogen) atoms. The highest BCUT2D eigenvalue weighted by atomic mass is 35.5. The average Bonchev–Trinajstić information content (AvgIpc) is 2.35. The molecule has 0 atom stereocenters. The fourth-order valence-electron chi connectivity index (χ4n) is 1.48. The molecule has 0 amide bonds. The van der Waals surface area contributed by atoms with Crippen LogP contribution in [0.25, 0.3) is 11.4 Å². The van der Waals surface area contributed by atoms with Gasteiger partial charge in [0.15, 0.2) is 28.3 Å². The number of aromatic hydroxyl groups is 1. The third-order valence-electron chi connectivity index (χ3n) is 2.41. The Hall–Kier alpha value is -1.88. The highest BCUT2D eigenvalue weighted by molar-refractivity contribution is 6.29. The molecule has 0 spiro atoms. The van der Waals surface area contributed by atoms with Crippen LogP contribution < -0.4 is 4.74 Å². The molecule has 0 saturated carbocycles. The number of phenolic OH excluding ortho intramolecular Hbond substituents is 1. The molecule has 0 aliphatic carbocycles. The molecule has 0 saturated heterocycles. The molecule has 2 rings (SSSR count). The summed E-state index contributed by atoms with van der Waals surface area (Å²) in [5.74, 6) is -0.101. The predicted octanol–water partition coefficient (Wildman–Crippen LogP) is 2.96. The summed E-state index contributed by atoms with van der Waals surface area (Å²) in [7, 11) is 1.45. The zero-order valence-corrected chi connectivity index (χ0v) is 10.5. The Labute approximate surface area is 108 Å². The number of halogens is 2. The maximum absolute atomic E-state index is 13.3. The quantitative estimate of drug-likeness (QED) is 0.851. The van der Waals surface area contributed by atoms with E-state index < -0.39 is 5.82 Å². The first-order valence-corrected chi connectivity index (χ1v) is 5.47. The molecule has 94 valence electrons. The lowest BCUT2D eigenvalue weighted by molar-refractivity contribution is 0.373. The number of aryl methyl sites for hydroxylation is 1. The van der Waals surface area contributed by atoms with E-state index in [2.05, 4.69) is 9.97 Å². The van der Waals surface area contributed by atoms with Gasteiger partial charge in [-0.3, -0.25) is 0 Å². The van der Waals surface area contributed by atoms with Crippen molar-refractivity contribution in [1.29, 1.82) is 0 Å². The smallest absolute Gasteiger partial charge is 0.181 e. The van der Waals surface area contributed by atoms with Crippen molar-refractivity contribution in [3.63, 3.8) is 0 Å². The van der Waals surface area contributed by atoms with E-state index in [4.69, 9.17) is 16.3 Å². The van der Waals surface area contributed by atoms with Gasteiger partial charge in [-0.05, 0) is 25.1 Å². The topological polar surface area (TPSA) is 55.2 Å². The van der Waals surface area contributed by atoms with Gasteiger partial charge < -0.3 is 9.84 Å². The van der Waals surface area contributed by atoms with Crippen LogP contribution in [0.1, 0.15) is 5.69 Å². The largest absolute Gasteiger partial charge is 0.504 e. The molecule has 0 aliphatic rings. The molecule has 0 aliphatic heterocycles. The van der Waals surface area contributed by atoms with E-state index >= 15 is 0 Å². The number of phenols is 1. The van der Waals surface area contributed by atoms with Crippen LogP contribution in [0.4, 0.5) is 4.39 Å². The predicted molar refractivity (Wildman–Crippen MR) is 65.4 cm³/mol. The first kappa shape index (κ1) is 12.6. The second kappa shape index (κ2) is 4.78. The molecular formula is C12H10ClFN2O2. The minimum Gasteiger partial charge on any atom is -0.504 e. The van der Waals surface area contributed by atoms with E-state index in [1.807, 2.05) is 0 Å². The van der Waals surface area contributed by atoms with Crippen LogP contribution in [0.5, 0.6) is 11.5 Å². The van der Waals surface area contributed by atoms with Crippen molar-refractivity contribution >= 4 is 11.6 Å². The molecule has 6 heteroatoms. The van der Waals surface area contributed by atoms with E-state index in [9.17, 15) is 9.50 Å². The second-order valence-corrected chi connectivity index (χ2v) is 3.98. The molecule has 0 unspecified atom stereocenters. The zero-order chi connectivity index (χ0) is 13.3. The van der Waals surface area contributed by atoms with E-state index in [0.29, 0.717) is 11.3 Å². The molecule has 1 aromatic carbocycles. The number of aromatic nitrogens is 2. The van der Waals surface area contributed by atoms with Gasteiger partial charge in [-0.15, -0.1) is 0 Å². The van der Waals surface area contributed by atoms with Gasteiger partial charge >= 0.3 is 0 Å². The molecule has 0 radical (unpaired) electrons. The number of nitrogens with zero attached hydrogens (tertiary/aromatic N) is 2. The summed E-state index contributed by atoms with van der Waals surface area (Å²) in [5.41, 5.74) is 0.679. The Morgan fingerprint density at radius 3 is 2.61 bits per heavy atom. The molecule has 0 bridgehead atoms. The lowest BCUT2D eigenvalue weighted by Crippen LogP contribution is -1.97. The third-order valence-corrected chi connectivity index (χ3v) is 2.66. The number of methoxy groups -OCH3 is 1. The van der Waals surface area contributed by atoms with Crippen LogP contribution in [-0.2, 0) is 0 Å². The molecule has 0 fully saturated rings. The maximum atomic E-state index is 13.3. The molecule has 1 heterocycles. The van der Waals surface area contributed by atoms with Crippen molar-refractivity contribution in [2.45, 2.75) is 6.92 Å². The number of hydrogen-bond donors (Lipinski definition) is 1. The lowest BCUT2D eigenvalue weighted by atomic mass is 10.2. The lowest BCUT2D eigenvalue weighted by Gasteiger charge is -2.07. The molecule has 2 aromatic rings. The van der Waals surface area contributed by atoms with E-state index in [0.717, 1.165) is 0 Å². The van der Waals surface area contributed by atoms with Crippen LogP contribution in [0, 0.1) is 12.7 Å². The van der Waals surface area contributed by atoms with Gasteiger partial charge in [-0.2, -0.15) is 0 Å².